The van der Waals surface area contributed by atoms with Gasteiger partial charge in [0.2, 0.25) is 0 Å². The van der Waals surface area contributed by atoms with Crippen molar-refractivity contribution >= 4 is 43.9 Å². The molecule has 0 N–H and O–H groups in total. The van der Waals surface area contributed by atoms with Crippen LogP contribution in [0.2, 0.25) is 13.3 Å². The van der Waals surface area contributed by atoms with E-state index in [1.54, 1.807) is 3.58 Å². The Morgan fingerprint density at radius 1 is 0.750 bits per heavy atom. The molecule has 0 saturated heterocycles. The molecule has 2 heterocycles. The minimum absolute atomic E-state index is 0.975. The zero-order valence-corrected chi connectivity index (χ0v) is 25.9. The number of aromatic nitrogens is 3. The molecule has 0 radical (unpaired) electrons. The Kier molecular flexibility index (Phi) is 9.86. The van der Waals surface area contributed by atoms with Crippen molar-refractivity contribution in [3.05, 3.63) is 60.6 Å². The van der Waals surface area contributed by atoms with Crippen LogP contribution >= 0.6 is 0 Å². The van der Waals surface area contributed by atoms with E-state index < -0.39 is 18.4 Å². The predicted molar refractivity (Wildman–Crippen MR) is 160 cm³/mol. The summed E-state index contributed by atoms with van der Waals surface area (Å²) < 4.78 is 8.60. The molecule has 4 heteroatoms. The molecule has 4 aromatic rings. The molecular formula is C32H45N3Sn. The topological polar surface area (TPSA) is 30.7 Å². The number of imidazole rings is 1. The van der Waals surface area contributed by atoms with Crippen molar-refractivity contribution in [2.75, 3.05) is 0 Å². The first kappa shape index (κ1) is 27.2. The van der Waals surface area contributed by atoms with Crippen molar-refractivity contribution in [2.45, 2.75) is 98.8 Å². The van der Waals surface area contributed by atoms with Crippen molar-refractivity contribution in [3.63, 3.8) is 0 Å². The van der Waals surface area contributed by atoms with Crippen LogP contribution in [-0.2, 0) is 6.42 Å². The van der Waals surface area contributed by atoms with E-state index >= 15 is 0 Å². The second-order valence-corrected chi connectivity index (χ2v) is 23.9. The summed E-state index contributed by atoms with van der Waals surface area (Å²) in [5, 5.41) is 2.71. The minimum atomic E-state index is -2.48. The molecule has 2 aromatic carbocycles. The number of hydrogen-bond acceptors (Lipinski definition) is 2. The van der Waals surface area contributed by atoms with Gasteiger partial charge in [0.05, 0.1) is 0 Å². The first-order chi connectivity index (χ1) is 17.7. The first-order valence-electron chi connectivity index (χ1n) is 14.5. The number of unbranched alkanes of at least 4 members (excludes halogenated alkanes) is 4. The molecular weight excluding hydrogens is 545 g/mol. The second-order valence-electron chi connectivity index (χ2n) is 10.6. The van der Waals surface area contributed by atoms with Crippen molar-refractivity contribution in [1.29, 1.82) is 0 Å². The van der Waals surface area contributed by atoms with Crippen LogP contribution in [0.5, 0.6) is 0 Å². The summed E-state index contributed by atoms with van der Waals surface area (Å²) in [7, 11) is 0. The molecule has 0 spiro atoms. The molecule has 0 aliphatic rings. The second kappa shape index (κ2) is 13.1. The third kappa shape index (κ3) is 5.82. The van der Waals surface area contributed by atoms with Gasteiger partial charge in [-0.1, -0.05) is 0 Å². The number of benzene rings is 2. The average Bonchev–Trinajstić information content (AvgIpc) is 3.29. The summed E-state index contributed by atoms with van der Waals surface area (Å²) in [5.41, 5.74) is 3.19. The van der Waals surface area contributed by atoms with Crippen molar-refractivity contribution in [3.8, 4) is 5.69 Å². The van der Waals surface area contributed by atoms with Gasteiger partial charge < -0.3 is 0 Å². The zero-order chi connectivity index (χ0) is 25.4. The number of hydrogen-bond donors (Lipinski definition) is 0. The molecule has 2 aromatic heterocycles. The quantitative estimate of drug-likeness (QED) is 0.137. The van der Waals surface area contributed by atoms with Gasteiger partial charge in [0.25, 0.3) is 0 Å². The molecule has 0 saturated carbocycles. The van der Waals surface area contributed by atoms with E-state index in [-0.39, 0.29) is 0 Å². The van der Waals surface area contributed by atoms with Crippen molar-refractivity contribution in [2.24, 2.45) is 0 Å². The molecule has 0 unspecified atom stereocenters. The van der Waals surface area contributed by atoms with E-state index in [4.69, 9.17) is 9.97 Å². The van der Waals surface area contributed by atoms with Crippen LogP contribution in [0.4, 0.5) is 0 Å². The molecule has 4 rings (SSSR count). The van der Waals surface area contributed by atoms with Crippen molar-refractivity contribution < 1.29 is 0 Å². The third-order valence-corrected chi connectivity index (χ3v) is 23.6. The van der Waals surface area contributed by atoms with E-state index in [2.05, 4.69) is 74.7 Å². The zero-order valence-electron chi connectivity index (χ0n) is 23.0. The van der Waals surface area contributed by atoms with Crippen molar-refractivity contribution in [1.82, 2.24) is 14.5 Å². The normalized spacial score (nSPS) is 12.1. The Hall–Kier alpha value is -1.88. The molecule has 3 nitrogen and oxygen atoms in total. The monoisotopic (exact) mass is 591 g/mol. The number of nitrogens with zero attached hydrogens (tertiary/aromatic N) is 3. The van der Waals surface area contributed by atoms with Crippen LogP contribution < -0.4 is 3.58 Å². The van der Waals surface area contributed by atoms with Gasteiger partial charge in [-0.05, 0) is 0 Å². The van der Waals surface area contributed by atoms with E-state index in [1.165, 1.54) is 68.3 Å². The summed E-state index contributed by atoms with van der Waals surface area (Å²) in [6.07, 6.45) is 13.3. The van der Waals surface area contributed by atoms with Gasteiger partial charge in [0.15, 0.2) is 0 Å². The molecule has 0 aliphatic carbocycles. The fourth-order valence-corrected chi connectivity index (χ4v) is 21.9. The Balaban J connectivity index is 1.85. The van der Waals surface area contributed by atoms with Gasteiger partial charge in [-0.25, -0.2) is 0 Å². The Morgan fingerprint density at radius 2 is 1.44 bits per heavy atom. The number of aryl methyl sites for hydroxylation is 1. The van der Waals surface area contributed by atoms with Crippen LogP contribution in [0.1, 0.15) is 84.9 Å². The molecule has 36 heavy (non-hydrogen) atoms. The van der Waals surface area contributed by atoms with E-state index in [1.807, 2.05) is 12.3 Å². The van der Waals surface area contributed by atoms with E-state index in [0.717, 1.165) is 36.3 Å². The van der Waals surface area contributed by atoms with Crippen LogP contribution in [0.3, 0.4) is 0 Å². The Bertz CT molecular complexity index is 1240. The Morgan fingerprint density at radius 3 is 2.11 bits per heavy atom. The SMILES string of the molecule is CCCCc1nc2cccnc2n1-c1cccc2c[c]([Sn]([CH2]CCC)([CH2]CCC)[CH2]CCC)ccc12. The summed E-state index contributed by atoms with van der Waals surface area (Å²) in [5.74, 6) is 1.13. The summed E-state index contributed by atoms with van der Waals surface area (Å²) >= 11 is -2.48. The standard InChI is InChI=1S/C20H18N3.3C4H9.Sn/c1-2-3-13-19-22-17-11-7-14-21-20(17)23(19)18-12-6-9-15-8-4-5-10-16(15)18;3*1-3-4-2;/h5-12,14H,2-3,13H2,1H3;3*1,3-4H2,2H3;. The molecule has 0 fully saturated rings. The van der Waals surface area contributed by atoms with Gasteiger partial charge in [-0.2, -0.15) is 0 Å². The maximum absolute atomic E-state index is 5.00. The fourth-order valence-electron chi connectivity index (χ4n) is 5.86. The van der Waals surface area contributed by atoms with Crippen LogP contribution in [0.15, 0.2) is 54.7 Å². The number of fused-ring (bicyclic) bond motifs is 2. The van der Waals surface area contributed by atoms with E-state index in [0.29, 0.717) is 0 Å². The molecule has 192 valence electrons. The Labute approximate surface area is 222 Å². The summed E-state index contributed by atoms with van der Waals surface area (Å²) in [6, 6.07) is 18.5. The predicted octanol–water partition coefficient (Wildman–Crippen LogP) is 8.97. The third-order valence-electron chi connectivity index (χ3n) is 7.98. The van der Waals surface area contributed by atoms with Gasteiger partial charge in [0.1, 0.15) is 0 Å². The fraction of sp³-hybridized carbons (Fsp3) is 0.500. The molecule has 0 amide bonds. The molecule has 0 bridgehead atoms. The summed E-state index contributed by atoms with van der Waals surface area (Å²) in [6.45, 7) is 9.34. The van der Waals surface area contributed by atoms with Gasteiger partial charge in [0, 0.05) is 0 Å². The summed E-state index contributed by atoms with van der Waals surface area (Å²) in [4.78, 5) is 9.76. The van der Waals surface area contributed by atoms with Crippen LogP contribution in [0.25, 0.3) is 27.6 Å². The maximum atomic E-state index is 5.00. The van der Waals surface area contributed by atoms with E-state index in [9.17, 15) is 0 Å². The van der Waals surface area contributed by atoms with Gasteiger partial charge in [-0.3, -0.25) is 0 Å². The number of rotatable bonds is 14. The first-order valence-corrected chi connectivity index (χ1v) is 22.0. The number of pyridine rings is 1. The van der Waals surface area contributed by atoms with Crippen LogP contribution in [0, 0.1) is 0 Å². The average molecular weight is 590 g/mol. The van der Waals surface area contributed by atoms with Gasteiger partial charge in [-0.15, -0.1) is 0 Å². The molecule has 0 atom stereocenters. The van der Waals surface area contributed by atoms with Gasteiger partial charge >= 0.3 is 223 Å². The van der Waals surface area contributed by atoms with Crippen LogP contribution in [-0.4, -0.2) is 32.9 Å². The molecule has 0 aliphatic heterocycles.